The van der Waals surface area contributed by atoms with E-state index in [2.05, 4.69) is 111 Å². The quantitative estimate of drug-likeness (QED) is 0.524. The zero-order valence-corrected chi connectivity index (χ0v) is 23.2. The maximum absolute atomic E-state index is 2.60. The van der Waals surface area contributed by atoms with Crippen LogP contribution in [0, 0.1) is 20.8 Å². The summed E-state index contributed by atoms with van der Waals surface area (Å²) in [6.45, 7) is 26.3. The van der Waals surface area contributed by atoms with Gasteiger partial charge in [-0.1, -0.05) is 106 Å². The summed E-state index contributed by atoms with van der Waals surface area (Å²) in [5.41, 5.74) is 10.5. The van der Waals surface area contributed by atoms with Crippen LogP contribution in [0.2, 0.25) is 24.7 Å². The first-order chi connectivity index (χ1) is 13.8. The summed E-state index contributed by atoms with van der Waals surface area (Å²) in [7, 11) is -2.99. The lowest BCUT2D eigenvalue weighted by molar-refractivity contribution is 0.824. The lowest BCUT2D eigenvalue weighted by Crippen LogP contribution is -2.54. The van der Waals surface area contributed by atoms with Crippen molar-refractivity contribution in [3.05, 3.63) is 75.4 Å². The summed E-state index contributed by atoms with van der Waals surface area (Å²) in [6, 6.07) is 14.7. The molecule has 0 nitrogen and oxygen atoms in total. The molecule has 0 spiro atoms. The molecule has 0 heterocycles. The highest BCUT2D eigenvalue weighted by Gasteiger charge is 2.46. The van der Waals surface area contributed by atoms with Gasteiger partial charge in [0.15, 0.2) is 0 Å². The first-order valence-corrected chi connectivity index (χ1v) is 16.6. The van der Waals surface area contributed by atoms with Crippen molar-refractivity contribution in [3.8, 4) is 0 Å². The first kappa shape index (κ1) is 23.0. The number of benzene rings is 2. The molecule has 2 aromatic carbocycles. The van der Waals surface area contributed by atoms with Crippen LogP contribution in [0.25, 0.3) is 0 Å². The normalized spacial score (nSPS) is 17.7. The highest BCUT2D eigenvalue weighted by atomic mass is 28.3. The van der Waals surface area contributed by atoms with Crippen LogP contribution in [0.1, 0.15) is 51.3 Å². The summed E-state index contributed by atoms with van der Waals surface area (Å²) in [5, 5.41) is 4.96. The van der Waals surface area contributed by atoms with E-state index in [0.29, 0.717) is 0 Å². The third-order valence-electron chi connectivity index (χ3n) is 7.87. The van der Waals surface area contributed by atoms with Gasteiger partial charge in [0.2, 0.25) is 0 Å². The standard InChI is InChI=1S/C28H40Si2/c1-18-12-13-20(3)27(16-18)29(28(8)23(6)21(4)22(5)24(28)7)25-14-19(2)15-26(17-25)30(9,10)11/h12-17,29H,1-11H3. The SMILES string of the molecule is CC1=C(C)C(C)([SiH](c2cc(C)cc([Si](C)(C)C)c2)c2cc(C)ccc2C)C(C)=C1C. The van der Waals surface area contributed by atoms with Crippen molar-refractivity contribution >= 4 is 32.4 Å². The van der Waals surface area contributed by atoms with E-state index in [0.717, 1.165) is 0 Å². The molecule has 0 bridgehead atoms. The molecule has 0 N–H and O–H groups in total. The van der Waals surface area contributed by atoms with E-state index in [-0.39, 0.29) is 5.04 Å². The predicted octanol–water partition coefficient (Wildman–Crippen LogP) is 5.95. The zero-order chi connectivity index (χ0) is 22.6. The van der Waals surface area contributed by atoms with E-state index in [4.69, 9.17) is 0 Å². The first-order valence-electron chi connectivity index (χ1n) is 11.3. The molecule has 0 aliphatic heterocycles. The maximum Gasteiger partial charge on any atom is 0.117 e. The Morgan fingerprint density at radius 3 is 1.80 bits per heavy atom. The Kier molecular flexibility index (Phi) is 5.99. The highest BCUT2D eigenvalue weighted by Crippen LogP contribution is 2.54. The van der Waals surface area contributed by atoms with E-state index in [1.54, 1.807) is 26.7 Å². The van der Waals surface area contributed by atoms with Crippen LogP contribution in [0.4, 0.5) is 0 Å². The summed E-state index contributed by atoms with van der Waals surface area (Å²) in [4.78, 5) is 0. The molecule has 0 fully saturated rings. The summed E-state index contributed by atoms with van der Waals surface area (Å²) >= 11 is 0. The molecular weight excluding hydrogens is 392 g/mol. The fourth-order valence-electron chi connectivity index (χ4n) is 5.36. The molecule has 0 saturated carbocycles. The topological polar surface area (TPSA) is 0 Å². The van der Waals surface area contributed by atoms with Crippen molar-refractivity contribution < 1.29 is 0 Å². The Morgan fingerprint density at radius 2 is 1.27 bits per heavy atom. The lowest BCUT2D eigenvalue weighted by Gasteiger charge is -2.39. The van der Waals surface area contributed by atoms with Gasteiger partial charge in [-0.05, 0) is 59.6 Å². The van der Waals surface area contributed by atoms with Crippen LogP contribution in [0.5, 0.6) is 0 Å². The van der Waals surface area contributed by atoms with Crippen molar-refractivity contribution in [3.63, 3.8) is 0 Å². The number of hydrogen-bond donors (Lipinski definition) is 0. The van der Waals surface area contributed by atoms with E-state index >= 15 is 0 Å². The second-order valence-corrected chi connectivity index (χ2v) is 19.3. The third kappa shape index (κ3) is 3.73. The van der Waals surface area contributed by atoms with Crippen LogP contribution in [-0.4, -0.2) is 16.9 Å². The predicted molar refractivity (Wildman–Crippen MR) is 142 cm³/mol. The monoisotopic (exact) mass is 432 g/mol. The van der Waals surface area contributed by atoms with Crippen molar-refractivity contribution in [2.75, 3.05) is 0 Å². The molecule has 1 unspecified atom stereocenters. The Morgan fingerprint density at radius 1 is 0.700 bits per heavy atom. The lowest BCUT2D eigenvalue weighted by atomic mass is 9.98. The maximum atomic E-state index is 2.60. The molecule has 0 aromatic heterocycles. The van der Waals surface area contributed by atoms with Crippen molar-refractivity contribution in [1.82, 2.24) is 0 Å². The van der Waals surface area contributed by atoms with Crippen molar-refractivity contribution in [2.24, 2.45) is 0 Å². The summed E-state index contributed by atoms with van der Waals surface area (Å²) in [5.74, 6) is 0. The number of allylic oxidation sites excluding steroid dienone is 4. The highest BCUT2D eigenvalue weighted by molar-refractivity contribution is 6.91. The minimum atomic E-state index is -1.60. The molecule has 2 aromatic rings. The molecule has 3 rings (SSSR count). The van der Waals surface area contributed by atoms with Crippen LogP contribution < -0.4 is 15.6 Å². The van der Waals surface area contributed by atoms with E-state index in [9.17, 15) is 0 Å². The summed E-state index contributed by atoms with van der Waals surface area (Å²) in [6.07, 6.45) is 0. The van der Waals surface area contributed by atoms with Gasteiger partial charge in [0.05, 0.1) is 8.07 Å². The van der Waals surface area contributed by atoms with Crippen molar-refractivity contribution in [2.45, 2.75) is 80.1 Å². The second kappa shape index (κ2) is 7.80. The Labute approximate surface area is 187 Å². The van der Waals surface area contributed by atoms with E-state index in [1.165, 1.54) is 27.8 Å². The number of hydrogen-bond acceptors (Lipinski definition) is 0. The molecule has 2 heteroatoms. The number of aryl methyl sites for hydroxylation is 3. The van der Waals surface area contributed by atoms with Gasteiger partial charge in [-0.2, -0.15) is 0 Å². The van der Waals surface area contributed by atoms with Crippen LogP contribution in [0.15, 0.2) is 58.7 Å². The molecule has 1 aliphatic carbocycles. The largest absolute Gasteiger partial charge is 0.117 e. The zero-order valence-electron chi connectivity index (χ0n) is 21.0. The smallest absolute Gasteiger partial charge is 0.0656 e. The van der Waals surface area contributed by atoms with Crippen molar-refractivity contribution in [1.29, 1.82) is 0 Å². The molecular formula is C28H40Si2. The van der Waals surface area contributed by atoms with Crippen LogP contribution in [0.3, 0.4) is 0 Å². The van der Waals surface area contributed by atoms with Gasteiger partial charge in [-0.3, -0.25) is 0 Å². The second-order valence-electron chi connectivity index (χ2n) is 10.9. The van der Waals surface area contributed by atoms with E-state index in [1.807, 2.05) is 0 Å². The van der Waals surface area contributed by atoms with Gasteiger partial charge in [0.1, 0.15) is 8.80 Å². The molecule has 1 aliphatic rings. The Balaban J connectivity index is 2.40. The van der Waals surface area contributed by atoms with Gasteiger partial charge in [-0.15, -0.1) is 0 Å². The van der Waals surface area contributed by atoms with Gasteiger partial charge in [0.25, 0.3) is 0 Å². The van der Waals surface area contributed by atoms with Crippen LogP contribution in [-0.2, 0) is 0 Å². The van der Waals surface area contributed by atoms with Gasteiger partial charge in [-0.25, -0.2) is 0 Å². The fraction of sp³-hybridized carbons (Fsp3) is 0.429. The summed E-state index contributed by atoms with van der Waals surface area (Å²) < 4.78 is 0. The molecule has 30 heavy (non-hydrogen) atoms. The Bertz CT molecular complexity index is 1040. The fourth-order valence-corrected chi connectivity index (χ4v) is 11.5. The molecule has 1 atom stereocenters. The molecule has 0 radical (unpaired) electrons. The van der Waals surface area contributed by atoms with E-state index < -0.39 is 16.9 Å². The third-order valence-corrected chi connectivity index (χ3v) is 14.2. The van der Waals surface area contributed by atoms with Gasteiger partial charge >= 0.3 is 0 Å². The Hall–Kier alpha value is -1.65. The average molecular weight is 433 g/mol. The van der Waals surface area contributed by atoms with Crippen LogP contribution >= 0.6 is 0 Å². The minimum absolute atomic E-state index is 0.136. The molecule has 160 valence electrons. The van der Waals surface area contributed by atoms with Gasteiger partial charge in [0, 0.05) is 5.04 Å². The minimum Gasteiger partial charge on any atom is -0.0656 e. The average Bonchev–Trinajstić information content (AvgIpc) is 2.80. The molecule has 0 amide bonds. The number of rotatable bonds is 4. The molecule has 0 saturated heterocycles. The van der Waals surface area contributed by atoms with Gasteiger partial charge < -0.3 is 0 Å².